The Morgan fingerprint density at radius 3 is 2.06 bits per heavy atom. The summed E-state index contributed by atoms with van der Waals surface area (Å²) in [4.78, 5) is 23.6. The second-order valence-electron chi connectivity index (χ2n) is 3.33. The predicted molar refractivity (Wildman–Crippen MR) is 63.9 cm³/mol. The number of anilines is 1. The topological polar surface area (TPSA) is 37.4 Å². The van der Waals surface area contributed by atoms with Crippen LogP contribution in [-0.4, -0.2) is 23.3 Å². The van der Waals surface area contributed by atoms with E-state index in [9.17, 15) is 18.4 Å². The van der Waals surface area contributed by atoms with E-state index in [1.165, 1.54) is 0 Å². The Hall–Kier alpha value is -0.950. The van der Waals surface area contributed by atoms with Gasteiger partial charge in [-0.25, -0.2) is 13.7 Å². The molecule has 1 aliphatic heterocycles. The first-order chi connectivity index (χ1) is 8.00. The fourth-order valence-electron chi connectivity index (χ4n) is 1.49. The van der Waals surface area contributed by atoms with Crippen molar-refractivity contribution in [3.8, 4) is 0 Å². The maximum atomic E-state index is 13.6. The molecule has 3 nitrogen and oxygen atoms in total. The fourth-order valence-corrected chi connectivity index (χ4v) is 2.60. The molecule has 0 aromatic heterocycles. The maximum Gasteiger partial charge on any atom is 0.243 e. The highest BCUT2D eigenvalue weighted by Gasteiger charge is 2.32. The zero-order valence-corrected chi connectivity index (χ0v) is 10.8. The van der Waals surface area contributed by atoms with Crippen LogP contribution >= 0.6 is 27.7 Å². The SMILES string of the molecule is O=C1CSCC(=O)N1c1c(F)cc(Br)cc1F. The van der Waals surface area contributed by atoms with Gasteiger partial charge in [0, 0.05) is 4.47 Å². The van der Waals surface area contributed by atoms with Gasteiger partial charge in [0.25, 0.3) is 0 Å². The molecule has 1 fully saturated rings. The minimum absolute atomic E-state index is 0.0423. The number of hydrogen-bond acceptors (Lipinski definition) is 3. The fraction of sp³-hybridized carbons (Fsp3) is 0.200. The van der Waals surface area contributed by atoms with E-state index in [1.54, 1.807) is 0 Å². The van der Waals surface area contributed by atoms with E-state index in [4.69, 9.17) is 0 Å². The number of halogens is 3. The number of rotatable bonds is 1. The molecule has 2 rings (SSSR count). The summed E-state index contributed by atoms with van der Waals surface area (Å²) < 4.78 is 27.4. The average Bonchev–Trinajstić information content (AvgIpc) is 2.21. The van der Waals surface area contributed by atoms with Crippen LogP contribution in [0.1, 0.15) is 0 Å². The second kappa shape index (κ2) is 4.73. The molecule has 1 aliphatic rings. The van der Waals surface area contributed by atoms with Crippen LogP contribution in [0.5, 0.6) is 0 Å². The number of amides is 2. The third-order valence-electron chi connectivity index (χ3n) is 2.16. The van der Waals surface area contributed by atoms with Crippen LogP contribution in [0.25, 0.3) is 0 Å². The Labute approximate surface area is 108 Å². The highest BCUT2D eigenvalue weighted by Crippen LogP contribution is 2.29. The Morgan fingerprint density at radius 2 is 1.59 bits per heavy atom. The van der Waals surface area contributed by atoms with Crippen molar-refractivity contribution in [1.29, 1.82) is 0 Å². The normalized spacial score (nSPS) is 16.5. The van der Waals surface area contributed by atoms with Gasteiger partial charge in [-0.3, -0.25) is 9.59 Å². The van der Waals surface area contributed by atoms with Gasteiger partial charge < -0.3 is 0 Å². The second-order valence-corrected chi connectivity index (χ2v) is 5.24. The van der Waals surface area contributed by atoms with E-state index < -0.39 is 29.1 Å². The molecule has 0 atom stereocenters. The first-order valence-corrected chi connectivity index (χ1v) is 6.53. The minimum Gasteiger partial charge on any atom is -0.273 e. The Kier molecular flexibility index (Phi) is 3.48. The molecular weight excluding hydrogens is 316 g/mol. The molecular formula is C10H6BrF2NO2S. The lowest BCUT2D eigenvalue weighted by molar-refractivity contribution is -0.124. The summed E-state index contributed by atoms with van der Waals surface area (Å²) in [5.41, 5.74) is -0.594. The maximum absolute atomic E-state index is 13.6. The minimum atomic E-state index is -0.939. The van der Waals surface area contributed by atoms with Gasteiger partial charge in [0.15, 0.2) is 11.6 Å². The first-order valence-electron chi connectivity index (χ1n) is 4.59. The number of imide groups is 1. The van der Waals surface area contributed by atoms with Crippen molar-refractivity contribution in [2.24, 2.45) is 0 Å². The molecule has 0 saturated carbocycles. The monoisotopic (exact) mass is 321 g/mol. The standard InChI is InChI=1S/C10H6BrF2NO2S/c11-5-1-6(12)10(7(13)2-5)14-8(15)3-17-4-9(14)16/h1-2H,3-4H2. The molecule has 0 radical (unpaired) electrons. The predicted octanol–water partition coefficient (Wildman–Crippen LogP) is 2.33. The molecule has 2 amide bonds. The third-order valence-corrected chi connectivity index (χ3v) is 3.52. The zero-order valence-electron chi connectivity index (χ0n) is 8.37. The van der Waals surface area contributed by atoms with Crippen LogP contribution in [0.3, 0.4) is 0 Å². The Morgan fingerprint density at radius 1 is 1.12 bits per heavy atom. The molecule has 1 saturated heterocycles. The number of benzene rings is 1. The third kappa shape index (κ3) is 2.35. The number of carbonyl (C=O) groups excluding carboxylic acids is 2. The van der Waals surface area contributed by atoms with Gasteiger partial charge in [0.2, 0.25) is 11.8 Å². The van der Waals surface area contributed by atoms with Gasteiger partial charge in [0.05, 0.1) is 11.5 Å². The summed E-state index contributed by atoms with van der Waals surface area (Å²) >= 11 is 4.06. The quantitative estimate of drug-likeness (QED) is 0.745. The van der Waals surface area contributed by atoms with Gasteiger partial charge >= 0.3 is 0 Å². The molecule has 0 spiro atoms. The molecule has 7 heteroatoms. The smallest absolute Gasteiger partial charge is 0.243 e. The molecule has 0 unspecified atom stereocenters. The summed E-state index contributed by atoms with van der Waals surface area (Å²) in [6, 6.07) is 2.03. The highest BCUT2D eigenvalue weighted by molar-refractivity contribution is 9.10. The number of nitrogens with zero attached hydrogens (tertiary/aromatic N) is 1. The average molecular weight is 322 g/mol. The summed E-state index contributed by atoms with van der Waals surface area (Å²) in [6.45, 7) is 0. The van der Waals surface area contributed by atoms with E-state index >= 15 is 0 Å². The van der Waals surface area contributed by atoms with Crippen molar-refractivity contribution < 1.29 is 18.4 Å². The van der Waals surface area contributed by atoms with Crippen molar-refractivity contribution in [3.05, 3.63) is 28.2 Å². The molecule has 1 aromatic rings. The van der Waals surface area contributed by atoms with Gasteiger partial charge in [-0.2, -0.15) is 0 Å². The summed E-state index contributed by atoms with van der Waals surface area (Å²) in [6.07, 6.45) is 0. The number of hydrogen-bond donors (Lipinski definition) is 0. The lowest BCUT2D eigenvalue weighted by Crippen LogP contribution is -2.44. The molecule has 1 heterocycles. The van der Waals surface area contributed by atoms with Crippen LogP contribution in [-0.2, 0) is 9.59 Å². The van der Waals surface area contributed by atoms with Crippen LogP contribution < -0.4 is 4.90 Å². The van der Waals surface area contributed by atoms with Crippen molar-refractivity contribution in [2.75, 3.05) is 16.4 Å². The van der Waals surface area contributed by atoms with Crippen LogP contribution in [0.4, 0.5) is 14.5 Å². The van der Waals surface area contributed by atoms with E-state index in [0.717, 1.165) is 23.9 Å². The number of thioether (sulfide) groups is 1. The Balaban J connectivity index is 2.52. The van der Waals surface area contributed by atoms with Crippen molar-refractivity contribution >= 4 is 45.2 Å². The molecule has 0 N–H and O–H groups in total. The van der Waals surface area contributed by atoms with Gasteiger partial charge in [-0.05, 0) is 12.1 Å². The summed E-state index contributed by atoms with van der Waals surface area (Å²) in [5, 5.41) is 0. The van der Waals surface area contributed by atoms with Crippen LogP contribution in [0, 0.1) is 11.6 Å². The van der Waals surface area contributed by atoms with E-state index in [2.05, 4.69) is 15.9 Å². The van der Waals surface area contributed by atoms with E-state index in [0.29, 0.717) is 4.90 Å². The lowest BCUT2D eigenvalue weighted by Gasteiger charge is -2.25. The molecule has 0 bridgehead atoms. The van der Waals surface area contributed by atoms with Crippen molar-refractivity contribution in [1.82, 2.24) is 0 Å². The molecule has 1 aromatic carbocycles. The van der Waals surface area contributed by atoms with Crippen molar-refractivity contribution in [3.63, 3.8) is 0 Å². The molecule has 17 heavy (non-hydrogen) atoms. The van der Waals surface area contributed by atoms with E-state index in [1.807, 2.05) is 0 Å². The first kappa shape index (κ1) is 12.5. The molecule has 0 aliphatic carbocycles. The lowest BCUT2D eigenvalue weighted by atomic mass is 10.2. The van der Waals surface area contributed by atoms with Crippen molar-refractivity contribution in [2.45, 2.75) is 0 Å². The van der Waals surface area contributed by atoms with Gasteiger partial charge in [-0.1, -0.05) is 15.9 Å². The Bertz CT molecular complexity index is 470. The highest BCUT2D eigenvalue weighted by atomic mass is 79.9. The zero-order chi connectivity index (χ0) is 12.6. The molecule has 90 valence electrons. The van der Waals surface area contributed by atoms with Crippen LogP contribution in [0.15, 0.2) is 16.6 Å². The van der Waals surface area contributed by atoms with E-state index in [-0.39, 0.29) is 16.0 Å². The van der Waals surface area contributed by atoms with Gasteiger partial charge in [-0.15, -0.1) is 11.8 Å². The largest absolute Gasteiger partial charge is 0.273 e. The number of carbonyl (C=O) groups is 2. The van der Waals surface area contributed by atoms with Gasteiger partial charge in [0.1, 0.15) is 5.69 Å². The summed E-state index contributed by atoms with van der Waals surface area (Å²) in [5.74, 6) is -3.00. The summed E-state index contributed by atoms with van der Waals surface area (Å²) in [7, 11) is 0. The van der Waals surface area contributed by atoms with Crippen LogP contribution in [0.2, 0.25) is 0 Å².